The van der Waals surface area contributed by atoms with Crippen molar-refractivity contribution in [3.8, 4) is 0 Å². The monoisotopic (exact) mass is 324 g/mol. The number of aromatic nitrogens is 1. The van der Waals surface area contributed by atoms with Crippen molar-refractivity contribution in [3.63, 3.8) is 0 Å². The number of halogens is 4. The topological polar surface area (TPSA) is 43.7 Å². The Morgan fingerprint density at radius 3 is 2.83 bits per heavy atom. The van der Waals surface area contributed by atoms with Crippen LogP contribution in [0.25, 0.3) is 0 Å². The van der Waals surface area contributed by atoms with Gasteiger partial charge in [0, 0.05) is 17.1 Å². The largest absolute Gasteiger partial charge is 0.522 e. The summed E-state index contributed by atoms with van der Waals surface area (Å²) in [7, 11) is 0. The second-order valence-electron chi connectivity index (χ2n) is 3.59. The number of hydrogen-bond donors (Lipinski definition) is 0. The molecule has 0 saturated carbocycles. The molecule has 0 saturated heterocycles. The van der Waals surface area contributed by atoms with Gasteiger partial charge < -0.3 is 4.84 Å². The maximum absolute atomic E-state index is 11.8. The van der Waals surface area contributed by atoms with E-state index < -0.39 is 19.1 Å². The van der Waals surface area contributed by atoms with Crippen molar-refractivity contribution in [3.05, 3.63) is 28.5 Å². The molecule has 0 fully saturated rings. The summed E-state index contributed by atoms with van der Waals surface area (Å²) in [6, 6.07) is 3.48. The molecule has 0 N–H and O–H groups in total. The number of rotatable bonds is 3. The van der Waals surface area contributed by atoms with Crippen LogP contribution in [0.5, 0.6) is 0 Å². The molecule has 0 spiro atoms. The number of ether oxygens (including phenoxy) is 1. The smallest absolute Gasteiger partial charge is 0.389 e. The van der Waals surface area contributed by atoms with Crippen molar-refractivity contribution in [2.24, 2.45) is 5.16 Å². The van der Waals surface area contributed by atoms with Crippen molar-refractivity contribution in [2.45, 2.75) is 18.9 Å². The summed E-state index contributed by atoms with van der Waals surface area (Å²) in [6.45, 7) is -0.576. The van der Waals surface area contributed by atoms with Crippen LogP contribution in [-0.4, -0.2) is 29.8 Å². The lowest BCUT2D eigenvalue weighted by molar-refractivity contribution is -0.331. The zero-order valence-electron chi connectivity index (χ0n) is 8.95. The summed E-state index contributed by atoms with van der Waals surface area (Å²) < 4.78 is 40.0. The molecule has 0 radical (unpaired) electrons. The van der Waals surface area contributed by atoms with Gasteiger partial charge in [-0.3, -0.25) is 9.72 Å². The first kappa shape index (κ1) is 13.3. The highest BCUT2D eigenvalue weighted by molar-refractivity contribution is 9.10. The molecule has 8 heteroatoms. The molecule has 2 heterocycles. The first-order valence-corrected chi connectivity index (χ1v) is 5.78. The highest BCUT2D eigenvalue weighted by Gasteiger charge is 2.33. The van der Waals surface area contributed by atoms with E-state index >= 15 is 0 Å². The van der Waals surface area contributed by atoms with E-state index in [1.165, 1.54) is 0 Å². The lowest BCUT2D eigenvalue weighted by Gasteiger charge is -2.10. The Labute approximate surface area is 109 Å². The molecule has 1 aromatic heterocycles. The predicted molar refractivity (Wildman–Crippen MR) is 60.0 cm³/mol. The zero-order valence-corrected chi connectivity index (χ0v) is 10.5. The van der Waals surface area contributed by atoms with Crippen LogP contribution in [-0.2, 0) is 9.57 Å². The van der Waals surface area contributed by atoms with Gasteiger partial charge in [-0.15, -0.1) is 13.2 Å². The molecule has 4 nitrogen and oxygen atoms in total. The van der Waals surface area contributed by atoms with E-state index in [9.17, 15) is 13.2 Å². The number of alkyl halides is 3. The minimum absolute atomic E-state index is 0.241. The van der Waals surface area contributed by atoms with Crippen LogP contribution in [0.1, 0.15) is 12.1 Å². The van der Waals surface area contributed by atoms with Crippen LogP contribution in [0.2, 0.25) is 0 Å². The Balaban J connectivity index is 1.90. The van der Waals surface area contributed by atoms with Crippen LogP contribution in [0.4, 0.5) is 13.2 Å². The van der Waals surface area contributed by atoms with Crippen molar-refractivity contribution < 1.29 is 22.7 Å². The zero-order chi connectivity index (χ0) is 13.2. The Kier molecular flexibility index (Phi) is 3.86. The summed E-state index contributed by atoms with van der Waals surface area (Å²) >= 11 is 3.23. The third-order valence-electron chi connectivity index (χ3n) is 2.19. The predicted octanol–water partition coefficient (Wildman–Crippen LogP) is 2.87. The molecular weight excluding hydrogens is 317 g/mol. The minimum atomic E-state index is -4.65. The lowest BCUT2D eigenvalue weighted by atomic mass is 10.1. The molecular formula is C10H8BrF3N2O2. The van der Waals surface area contributed by atoms with Crippen LogP contribution in [0.15, 0.2) is 28.0 Å². The standard InChI is InChI=1S/C10H8BrF3N2O2/c11-6-1-2-8(15-4-6)9-3-7(18-16-9)5-17-10(12,13)14/h1-2,4,7H,3,5H2/t7-/m0/s1. The van der Waals surface area contributed by atoms with Gasteiger partial charge >= 0.3 is 6.36 Å². The summed E-state index contributed by atoms with van der Waals surface area (Å²) in [5.74, 6) is 0. The van der Waals surface area contributed by atoms with Gasteiger partial charge in [0.05, 0.1) is 12.3 Å². The van der Waals surface area contributed by atoms with Crippen molar-refractivity contribution in [2.75, 3.05) is 6.61 Å². The Bertz CT molecular complexity index is 447. The Morgan fingerprint density at radius 2 is 2.22 bits per heavy atom. The summed E-state index contributed by atoms with van der Waals surface area (Å²) in [5, 5.41) is 3.71. The fraction of sp³-hybridized carbons (Fsp3) is 0.400. The number of pyridine rings is 1. The lowest BCUT2D eigenvalue weighted by Crippen LogP contribution is -2.23. The maximum Gasteiger partial charge on any atom is 0.522 e. The van der Waals surface area contributed by atoms with Gasteiger partial charge in [-0.05, 0) is 28.1 Å². The van der Waals surface area contributed by atoms with Crippen LogP contribution >= 0.6 is 15.9 Å². The maximum atomic E-state index is 11.8. The first-order chi connectivity index (χ1) is 8.44. The molecule has 2 rings (SSSR count). The fourth-order valence-electron chi connectivity index (χ4n) is 1.40. The Hall–Kier alpha value is -1.15. The van der Waals surface area contributed by atoms with Gasteiger partial charge in [-0.2, -0.15) is 0 Å². The summed E-state index contributed by atoms with van der Waals surface area (Å²) in [5.41, 5.74) is 1.09. The van der Waals surface area contributed by atoms with Crippen LogP contribution in [0.3, 0.4) is 0 Å². The number of oxime groups is 1. The van der Waals surface area contributed by atoms with E-state index in [2.05, 4.69) is 30.8 Å². The van der Waals surface area contributed by atoms with E-state index in [-0.39, 0.29) is 6.42 Å². The van der Waals surface area contributed by atoms with Gasteiger partial charge in [0.25, 0.3) is 0 Å². The van der Waals surface area contributed by atoms with Crippen LogP contribution < -0.4 is 0 Å². The van der Waals surface area contributed by atoms with Gasteiger partial charge in [-0.1, -0.05) is 5.16 Å². The third kappa shape index (κ3) is 3.67. The normalized spacial score (nSPS) is 19.6. The van der Waals surface area contributed by atoms with Gasteiger partial charge in [0.15, 0.2) is 6.10 Å². The molecule has 1 atom stereocenters. The molecule has 1 aromatic rings. The average molecular weight is 325 g/mol. The highest BCUT2D eigenvalue weighted by Crippen LogP contribution is 2.21. The second kappa shape index (κ2) is 5.23. The van der Waals surface area contributed by atoms with E-state index in [4.69, 9.17) is 4.84 Å². The summed E-state index contributed by atoms with van der Waals surface area (Å²) in [6.07, 6.45) is -3.56. The molecule has 1 aliphatic heterocycles. The van der Waals surface area contributed by atoms with Gasteiger partial charge in [-0.25, -0.2) is 0 Å². The SMILES string of the molecule is FC(F)(F)OC[C@@H]1CC(c2ccc(Br)cn2)=NO1. The third-order valence-corrected chi connectivity index (χ3v) is 2.66. The molecule has 0 aromatic carbocycles. The first-order valence-electron chi connectivity index (χ1n) is 4.99. The second-order valence-corrected chi connectivity index (χ2v) is 4.50. The molecule has 0 aliphatic carbocycles. The van der Waals surface area contributed by atoms with Crippen LogP contribution in [0, 0.1) is 0 Å². The number of hydrogen-bond acceptors (Lipinski definition) is 4. The highest BCUT2D eigenvalue weighted by atomic mass is 79.9. The number of nitrogens with zero attached hydrogens (tertiary/aromatic N) is 2. The van der Waals surface area contributed by atoms with E-state index in [0.717, 1.165) is 4.47 Å². The van der Waals surface area contributed by atoms with Crippen molar-refractivity contribution >= 4 is 21.6 Å². The van der Waals surface area contributed by atoms with Crippen molar-refractivity contribution in [1.82, 2.24) is 4.98 Å². The molecule has 0 bridgehead atoms. The molecule has 0 amide bonds. The minimum Gasteiger partial charge on any atom is -0.389 e. The van der Waals surface area contributed by atoms with Gasteiger partial charge in [0.2, 0.25) is 0 Å². The molecule has 0 unspecified atom stereocenters. The molecule has 98 valence electrons. The quantitative estimate of drug-likeness (QED) is 0.858. The fourth-order valence-corrected chi connectivity index (χ4v) is 1.64. The van der Waals surface area contributed by atoms with Gasteiger partial charge in [0.1, 0.15) is 5.71 Å². The molecule has 18 heavy (non-hydrogen) atoms. The Morgan fingerprint density at radius 1 is 1.44 bits per heavy atom. The summed E-state index contributed by atoms with van der Waals surface area (Å²) in [4.78, 5) is 8.94. The van der Waals surface area contributed by atoms with E-state index in [1.807, 2.05) is 0 Å². The average Bonchev–Trinajstić information content (AvgIpc) is 2.75. The molecule has 1 aliphatic rings. The van der Waals surface area contributed by atoms with Crippen molar-refractivity contribution in [1.29, 1.82) is 0 Å². The van der Waals surface area contributed by atoms with E-state index in [0.29, 0.717) is 11.4 Å². The van der Waals surface area contributed by atoms with E-state index in [1.54, 1.807) is 18.3 Å².